The van der Waals surface area contributed by atoms with Gasteiger partial charge in [-0.1, -0.05) is 134 Å². The number of ether oxygens (including phenoxy) is 7. The molecule has 1 saturated heterocycles. The van der Waals surface area contributed by atoms with Gasteiger partial charge >= 0.3 is 5.97 Å². The van der Waals surface area contributed by atoms with E-state index in [2.05, 4.69) is 0 Å². The van der Waals surface area contributed by atoms with Gasteiger partial charge in [0, 0.05) is 13.0 Å². The van der Waals surface area contributed by atoms with Gasteiger partial charge in [0.15, 0.2) is 6.29 Å². The van der Waals surface area contributed by atoms with Crippen LogP contribution in [0, 0.1) is 0 Å². The number of hydrogen-bond donors (Lipinski definition) is 0. The quantitative estimate of drug-likeness (QED) is 0.0649. The number of esters is 1. The van der Waals surface area contributed by atoms with Crippen molar-refractivity contribution >= 4 is 5.97 Å². The van der Waals surface area contributed by atoms with E-state index < -0.39 is 57.0 Å². The van der Waals surface area contributed by atoms with Crippen molar-refractivity contribution in [3.8, 4) is 0 Å². The molecule has 0 bridgehead atoms. The van der Waals surface area contributed by atoms with Gasteiger partial charge in [-0.25, -0.2) is 0 Å². The third-order valence-corrected chi connectivity index (χ3v) is 8.14. The molecule has 0 spiro atoms. The molecule has 1 aliphatic heterocycles. The average molecular weight is 687 g/mol. The van der Waals surface area contributed by atoms with Gasteiger partial charge in [0.2, 0.25) is 0 Å². The Morgan fingerprint density at radius 2 is 1.04 bits per heavy atom. The molecule has 9 atom stereocenters. The minimum Gasteiger partial charge on any atom is -0.469 e. The summed E-state index contributed by atoms with van der Waals surface area (Å²) in [7, 11) is 1.38. The standard InChI is InChI=1S/C42H50O8/c1-44-38(43)26-16-2-3-17-27-46-42-41(49-31-36-24-14-7-15-25-36)40(48-30-35-22-12-6-13-23-35)39(47-29-34-20-10-5-11-21-34)37(50-42)32-45-28-33-18-8-4-9-19-33/h4-15,18-25,37,39-42H,2-3,16-17,26-32H2,1H3/t37-,39-,40+,41+,42?/m1/s1/i28D,29D,30D,31D/t28?,29?,30?,31?,37-,39-,40+,41+,42?. The van der Waals surface area contributed by atoms with Crippen LogP contribution in [0.4, 0.5) is 0 Å². The maximum absolute atomic E-state index is 11.6. The van der Waals surface area contributed by atoms with E-state index in [9.17, 15) is 4.79 Å². The lowest BCUT2D eigenvalue weighted by Crippen LogP contribution is -2.61. The molecular weight excluding hydrogens is 632 g/mol. The molecule has 0 amide bonds. The van der Waals surface area contributed by atoms with Crippen molar-refractivity contribution in [1.82, 2.24) is 0 Å². The summed E-state index contributed by atoms with van der Waals surface area (Å²) in [6.07, 6.45) is -1.98. The molecule has 1 fully saturated rings. The average Bonchev–Trinajstić information content (AvgIpc) is 3.22. The third kappa shape index (κ3) is 12.5. The number of carbonyl (C=O) groups excluding carboxylic acids is 1. The van der Waals surface area contributed by atoms with E-state index in [1.54, 1.807) is 48.5 Å². The highest BCUT2D eigenvalue weighted by atomic mass is 16.7. The molecular formula is C42H50O8. The minimum absolute atomic E-state index is 0.133. The molecule has 5 unspecified atom stereocenters. The fourth-order valence-corrected chi connectivity index (χ4v) is 5.47. The van der Waals surface area contributed by atoms with Crippen LogP contribution in [0.25, 0.3) is 0 Å². The van der Waals surface area contributed by atoms with Crippen molar-refractivity contribution in [2.75, 3.05) is 20.3 Å². The Morgan fingerprint density at radius 1 is 0.580 bits per heavy atom. The molecule has 0 N–H and O–H groups in total. The van der Waals surface area contributed by atoms with Gasteiger partial charge in [-0.2, -0.15) is 0 Å². The Labute approximate surface area is 302 Å². The van der Waals surface area contributed by atoms with Crippen LogP contribution in [0.2, 0.25) is 0 Å². The first kappa shape index (κ1) is 32.0. The van der Waals surface area contributed by atoms with Crippen LogP contribution in [0.15, 0.2) is 121 Å². The smallest absolute Gasteiger partial charge is 0.305 e. The van der Waals surface area contributed by atoms with E-state index in [4.69, 9.17) is 38.6 Å². The Bertz CT molecular complexity index is 1620. The van der Waals surface area contributed by atoms with Gasteiger partial charge in [0.1, 0.15) is 24.4 Å². The third-order valence-electron chi connectivity index (χ3n) is 8.14. The van der Waals surface area contributed by atoms with Crippen LogP contribution in [0.5, 0.6) is 0 Å². The zero-order valence-electron chi connectivity index (χ0n) is 32.5. The lowest BCUT2D eigenvalue weighted by molar-refractivity contribution is -0.328. The predicted octanol–water partition coefficient (Wildman–Crippen LogP) is 7.82. The molecule has 0 radical (unpaired) electrons. The van der Waals surface area contributed by atoms with Crippen LogP contribution in [-0.2, 0) is 64.3 Å². The van der Waals surface area contributed by atoms with E-state index in [1.807, 2.05) is 72.8 Å². The van der Waals surface area contributed by atoms with Crippen LogP contribution in [0.1, 0.15) is 59.8 Å². The molecule has 1 heterocycles. The number of hydrogen-bond acceptors (Lipinski definition) is 8. The highest BCUT2D eigenvalue weighted by Gasteiger charge is 2.49. The monoisotopic (exact) mass is 686 g/mol. The number of methoxy groups -OCH3 is 1. The van der Waals surface area contributed by atoms with Crippen molar-refractivity contribution in [2.24, 2.45) is 0 Å². The van der Waals surface area contributed by atoms with Crippen molar-refractivity contribution < 1.29 is 43.4 Å². The fourth-order valence-electron chi connectivity index (χ4n) is 5.47. The van der Waals surface area contributed by atoms with Gasteiger partial charge in [-0.15, -0.1) is 0 Å². The largest absolute Gasteiger partial charge is 0.469 e. The molecule has 0 aromatic heterocycles. The van der Waals surface area contributed by atoms with Crippen molar-refractivity contribution in [3.63, 3.8) is 0 Å². The van der Waals surface area contributed by atoms with Crippen LogP contribution >= 0.6 is 0 Å². The van der Waals surface area contributed by atoms with E-state index in [0.29, 0.717) is 41.5 Å². The van der Waals surface area contributed by atoms with Crippen LogP contribution < -0.4 is 0 Å². The van der Waals surface area contributed by atoms with Gasteiger partial charge in [-0.3, -0.25) is 4.79 Å². The van der Waals surface area contributed by atoms with Gasteiger partial charge in [0.25, 0.3) is 0 Å². The second kappa shape index (κ2) is 21.4. The summed E-state index contributed by atoms with van der Waals surface area (Å²) in [6, 6.07) is 36.4. The number of carbonyl (C=O) groups is 1. The minimum atomic E-state index is -1.20. The maximum atomic E-state index is 11.6. The lowest BCUT2D eigenvalue weighted by Gasteiger charge is -2.46. The van der Waals surface area contributed by atoms with Crippen molar-refractivity contribution in [1.29, 1.82) is 0 Å². The SMILES string of the molecule is [2H]C(OC[C@H]1OC(OCCCCCCC(=O)OC)[C@@H](OC([2H])c2ccccc2)[C@@H](OC([2H])c2ccccc2)[C@@H]1OC([2H])c1ccccc1)c1ccccc1. The highest BCUT2D eigenvalue weighted by molar-refractivity contribution is 5.68. The summed E-state index contributed by atoms with van der Waals surface area (Å²) >= 11 is 0. The first-order valence-electron chi connectivity index (χ1n) is 19.5. The second-order valence-corrected chi connectivity index (χ2v) is 11.9. The zero-order chi connectivity index (χ0) is 38.1. The van der Waals surface area contributed by atoms with Gasteiger partial charge in [0.05, 0.1) is 45.5 Å². The Balaban J connectivity index is 1.46. The van der Waals surface area contributed by atoms with Gasteiger partial charge < -0.3 is 33.2 Å². The molecule has 0 saturated carbocycles. The molecule has 4 aromatic carbocycles. The fraction of sp³-hybridized carbons (Fsp3) is 0.405. The van der Waals surface area contributed by atoms with Crippen molar-refractivity contribution in [3.05, 3.63) is 144 Å². The predicted molar refractivity (Wildman–Crippen MR) is 191 cm³/mol. The first-order chi connectivity index (χ1) is 26.3. The molecule has 8 heteroatoms. The topological polar surface area (TPSA) is 81.7 Å². The van der Waals surface area contributed by atoms with Crippen LogP contribution in [0.3, 0.4) is 0 Å². The zero-order valence-corrected chi connectivity index (χ0v) is 28.5. The molecule has 8 nitrogen and oxygen atoms in total. The number of rotatable bonds is 21. The lowest BCUT2D eigenvalue weighted by atomic mass is 9.97. The Morgan fingerprint density at radius 3 is 1.56 bits per heavy atom. The summed E-state index contributed by atoms with van der Waals surface area (Å²) < 4.78 is 79.3. The first-order valence-corrected chi connectivity index (χ1v) is 17.1. The molecule has 4 aromatic rings. The molecule has 266 valence electrons. The molecule has 0 aliphatic carbocycles. The number of unbranched alkanes of at least 4 members (excludes halogenated alkanes) is 3. The van der Waals surface area contributed by atoms with E-state index in [-0.39, 0.29) is 19.2 Å². The van der Waals surface area contributed by atoms with E-state index in [0.717, 1.165) is 12.8 Å². The summed E-state index contributed by atoms with van der Waals surface area (Å²) in [5.74, 6) is -0.242. The molecule has 1 aliphatic rings. The van der Waals surface area contributed by atoms with Crippen molar-refractivity contribution in [2.45, 2.75) is 89.1 Å². The Kier molecular flexibility index (Phi) is 13.7. The van der Waals surface area contributed by atoms with Gasteiger partial charge in [-0.05, 0) is 35.1 Å². The molecule has 50 heavy (non-hydrogen) atoms. The normalized spacial score (nSPS) is 24.1. The van der Waals surface area contributed by atoms with E-state index >= 15 is 0 Å². The highest BCUT2D eigenvalue weighted by Crippen LogP contribution is 2.32. The summed E-state index contributed by atoms with van der Waals surface area (Å²) in [5, 5.41) is 0. The van der Waals surface area contributed by atoms with E-state index in [1.165, 1.54) is 7.11 Å². The number of benzene rings is 4. The Hall–Kier alpha value is -3.89. The van der Waals surface area contributed by atoms with Crippen LogP contribution in [-0.4, -0.2) is 57.0 Å². The summed E-state index contributed by atoms with van der Waals surface area (Å²) in [6.45, 7) is -4.47. The maximum Gasteiger partial charge on any atom is 0.305 e. The molecule has 5 rings (SSSR count). The summed E-state index contributed by atoms with van der Waals surface area (Å²) in [5.41, 5.74) is 2.42. The second-order valence-electron chi connectivity index (χ2n) is 11.9. The summed E-state index contributed by atoms with van der Waals surface area (Å²) in [4.78, 5) is 11.6.